The molecule has 1 N–H and O–H groups in total. The molecule has 2 aromatic rings. The van der Waals surface area contributed by atoms with Gasteiger partial charge < -0.3 is 14.6 Å². The van der Waals surface area contributed by atoms with E-state index in [9.17, 15) is 4.79 Å². The molecule has 0 saturated carbocycles. The quantitative estimate of drug-likeness (QED) is 0.568. The first-order valence-corrected chi connectivity index (χ1v) is 8.29. The number of rotatable bonds is 7. The molecular formula is C20H21ClO4. The summed E-state index contributed by atoms with van der Waals surface area (Å²) in [5, 5.41) is 9.28. The lowest BCUT2D eigenvalue weighted by Crippen LogP contribution is -2.11. The molecular weight excluding hydrogens is 340 g/mol. The van der Waals surface area contributed by atoms with Crippen LogP contribution >= 0.6 is 11.6 Å². The summed E-state index contributed by atoms with van der Waals surface area (Å²) < 4.78 is 11.6. The lowest BCUT2D eigenvalue weighted by molar-refractivity contribution is -0.131. The van der Waals surface area contributed by atoms with Crippen molar-refractivity contribution >= 4 is 23.6 Å². The van der Waals surface area contributed by atoms with Gasteiger partial charge in [0.2, 0.25) is 0 Å². The van der Waals surface area contributed by atoms with Crippen LogP contribution in [-0.2, 0) is 4.79 Å². The van der Waals surface area contributed by atoms with E-state index < -0.39 is 5.97 Å². The Bertz CT molecular complexity index is 797. The first kappa shape index (κ1) is 18.9. The summed E-state index contributed by atoms with van der Waals surface area (Å²) in [7, 11) is 0. The Labute approximate surface area is 152 Å². The topological polar surface area (TPSA) is 55.8 Å². The largest absolute Gasteiger partial charge is 0.489 e. The highest BCUT2D eigenvalue weighted by Crippen LogP contribution is 2.26. The van der Waals surface area contributed by atoms with Gasteiger partial charge in [0.1, 0.15) is 24.7 Å². The Balaban J connectivity index is 2.01. The Morgan fingerprint density at radius 2 is 1.76 bits per heavy atom. The Morgan fingerprint density at radius 3 is 2.48 bits per heavy atom. The zero-order chi connectivity index (χ0) is 18.4. The molecule has 0 amide bonds. The van der Waals surface area contributed by atoms with E-state index in [1.54, 1.807) is 18.2 Å². The fourth-order valence-electron chi connectivity index (χ4n) is 2.39. The number of carboxylic acid groups (broad SMARTS) is 1. The van der Waals surface area contributed by atoms with Gasteiger partial charge in [0, 0.05) is 16.7 Å². The second-order valence-corrected chi connectivity index (χ2v) is 6.14. The number of benzene rings is 2. The van der Waals surface area contributed by atoms with Crippen LogP contribution in [-0.4, -0.2) is 24.3 Å². The van der Waals surface area contributed by atoms with Crippen LogP contribution in [0, 0.1) is 20.8 Å². The average molecular weight is 361 g/mol. The SMILES string of the molecule is Cc1ccc(C)c(OCCOc2ccc(Cl)cc2C=CC(=O)O)c1C. The minimum Gasteiger partial charge on any atom is -0.489 e. The highest BCUT2D eigenvalue weighted by Gasteiger charge is 2.07. The number of hydrogen-bond acceptors (Lipinski definition) is 3. The maximum atomic E-state index is 10.7. The predicted octanol–water partition coefficient (Wildman–Crippen LogP) is 4.82. The van der Waals surface area contributed by atoms with Crippen LogP contribution in [0.3, 0.4) is 0 Å². The van der Waals surface area contributed by atoms with Gasteiger partial charge in [-0.2, -0.15) is 0 Å². The number of hydrogen-bond donors (Lipinski definition) is 1. The Morgan fingerprint density at radius 1 is 1.08 bits per heavy atom. The molecule has 2 aromatic carbocycles. The van der Waals surface area contributed by atoms with E-state index in [0.29, 0.717) is 29.5 Å². The van der Waals surface area contributed by atoms with Crippen LogP contribution in [0.1, 0.15) is 22.3 Å². The molecule has 0 aliphatic rings. The smallest absolute Gasteiger partial charge is 0.328 e. The fourth-order valence-corrected chi connectivity index (χ4v) is 2.57. The third-order valence-corrected chi connectivity index (χ3v) is 4.07. The van der Waals surface area contributed by atoms with Crippen molar-refractivity contribution in [3.8, 4) is 11.5 Å². The van der Waals surface area contributed by atoms with Gasteiger partial charge in [-0.3, -0.25) is 0 Å². The van der Waals surface area contributed by atoms with Crippen LogP contribution in [0.15, 0.2) is 36.4 Å². The van der Waals surface area contributed by atoms with E-state index >= 15 is 0 Å². The van der Waals surface area contributed by atoms with Crippen molar-refractivity contribution in [2.45, 2.75) is 20.8 Å². The number of aliphatic carboxylic acids is 1. The number of ether oxygens (including phenoxy) is 2. The maximum Gasteiger partial charge on any atom is 0.328 e. The molecule has 0 heterocycles. The summed E-state index contributed by atoms with van der Waals surface area (Å²) in [4.78, 5) is 10.7. The van der Waals surface area contributed by atoms with Gasteiger partial charge in [-0.25, -0.2) is 4.79 Å². The second kappa shape index (κ2) is 8.58. The zero-order valence-electron chi connectivity index (χ0n) is 14.5. The predicted molar refractivity (Wildman–Crippen MR) is 99.8 cm³/mol. The van der Waals surface area contributed by atoms with Gasteiger partial charge in [-0.1, -0.05) is 23.7 Å². The van der Waals surface area contributed by atoms with E-state index in [1.807, 2.05) is 26.8 Å². The second-order valence-electron chi connectivity index (χ2n) is 5.70. The lowest BCUT2D eigenvalue weighted by Gasteiger charge is -2.15. The van der Waals surface area contributed by atoms with Crippen LogP contribution in [0.2, 0.25) is 5.02 Å². The van der Waals surface area contributed by atoms with Crippen LogP contribution in [0.25, 0.3) is 6.08 Å². The van der Waals surface area contributed by atoms with Crippen molar-refractivity contribution in [3.05, 3.63) is 63.7 Å². The van der Waals surface area contributed by atoms with Gasteiger partial charge in [0.05, 0.1) is 0 Å². The monoisotopic (exact) mass is 360 g/mol. The molecule has 0 atom stereocenters. The van der Waals surface area contributed by atoms with E-state index in [0.717, 1.165) is 23.0 Å². The Kier molecular flexibility index (Phi) is 6.48. The van der Waals surface area contributed by atoms with Gasteiger partial charge >= 0.3 is 5.97 Å². The van der Waals surface area contributed by atoms with E-state index in [-0.39, 0.29) is 0 Å². The summed E-state index contributed by atoms with van der Waals surface area (Å²) >= 11 is 5.96. The van der Waals surface area contributed by atoms with Crippen molar-refractivity contribution in [1.82, 2.24) is 0 Å². The van der Waals surface area contributed by atoms with Crippen molar-refractivity contribution < 1.29 is 19.4 Å². The molecule has 5 heteroatoms. The minimum absolute atomic E-state index is 0.336. The van der Waals surface area contributed by atoms with Crippen molar-refractivity contribution in [3.63, 3.8) is 0 Å². The van der Waals surface area contributed by atoms with Crippen molar-refractivity contribution in [2.75, 3.05) is 13.2 Å². The number of carboxylic acids is 1. The van der Waals surface area contributed by atoms with Gasteiger partial charge in [0.25, 0.3) is 0 Å². The summed E-state index contributed by atoms with van der Waals surface area (Å²) in [6, 6.07) is 9.18. The summed E-state index contributed by atoms with van der Waals surface area (Å²) in [5.74, 6) is 0.411. The first-order valence-electron chi connectivity index (χ1n) is 7.91. The molecule has 0 saturated heterocycles. The number of aryl methyl sites for hydroxylation is 2. The molecule has 132 valence electrons. The third kappa shape index (κ3) is 5.26. The molecule has 0 fully saturated rings. The maximum absolute atomic E-state index is 10.7. The van der Waals surface area contributed by atoms with Crippen LogP contribution in [0.4, 0.5) is 0 Å². The zero-order valence-corrected chi connectivity index (χ0v) is 15.3. The summed E-state index contributed by atoms with van der Waals surface area (Å²) in [6.45, 7) is 6.81. The molecule has 0 radical (unpaired) electrons. The molecule has 0 unspecified atom stereocenters. The average Bonchev–Trinajstić information content (AvgIpc) is 2.57. The molecule has 25 heavy (non-hydrogen) atoms. The molecule has 0 aromatic heterocycles. The van der Waals surface area contributed by atoms with Gasteiger partial charge in [-0.05, 0) is 61.7 Å². The number of halogens is 1. The Hall–Kier alpha value is -2.46. The molecule has 2 rings (SSSR count). The molecule has 0 bridgehead atoms. The molecule has 0 aliphatic carbocycles. The van der Waals surface area contributed by atoms with Gasteiger partial charge in [-0.15, -0.1) is 0 Å². The van der Waals surface area contributed by atoms with Crippen molar-refractivity contribution in [1.29, 1.82) is 0 Å². The summed E-state index contributed by atoms with van der Waals surface area (Å²) in [5.41, 5.74) is 3.99. The third-order valence-electron chi connectivity index (χ3n) is 3.84. The molecule has 0 aliphatic heterocycles. The van der Waals surface area contributed by atoms with Gasteiger partial charge in [0.15, 0.2) is 0 Å². The fraction of sp³-hybridized carbons (Fsp3) is 0.250. The van der Waals surface area contributed by atoms with Crippen LogP contribution < -0.4 is 9.47 Å². The standard InChI is InChI=1S/C20H21ClO4/c1-13-4-5-14(2)20(15(13)3)25-11-10-24-18-8-7-17(21)12-16(18)6-9-19(22)23/h4-9,12H,10-11H2,1-3H3,(H,22,23). The highest BCUT2D eigenvalue weighted by atomic mass is 35.5. The normalized spacial score (nSPS) is 10.9. The summed E-state index contributed by atoms with van der Waals surface area (Å²) in [6.07, 6.45) is 2.51. The molecule has 4 nitrogen and oxygen atoms in total. The lowest BCUT2D eigenvalue weighted by atomic mass is 10.1. The van der Waals surface area contributed by atoms with E-state index in [2.05, 4.69) is 6.07 Å². The highest BCUT2D eigenvalue weighted by molar-refractivity contribution is 6.30. The van der Waals surface area contributed by atoms with Crippen LogP contribution in [0.5, 0.6) is 11.5 Å². The number of carbonyl (C=O) groups is 1. The minimum atomic E-state index is -1.03. The molecule has 0 spiro atoms. The first-order chi connectivity index (χ1) is 11.9. The van der Waals surface area contributed by atoms with E-state index in [4.69, 9.17) is 26.2 Å². The van der Waals surface area contributed by atoms with Crippen molar-refractivity contribution in [2.24, 2.45) is 0 Å². The van der Waals surface area contributed by atoms with E-state index in [1.165, 1.54) is 11.6 Å².